The average molecular weight is 563 g/mol. The summed E-state index contributed by atoms with van der Waals surface area (Å²) in [6, 6.07) is 12.9. The van der Waals surface area contributed by atoms with Crippen molar-refractivity contribution in [3.63, 3.8) is 0 Å². The molecule has 5 heteroatoms. The molecule has 2 aliphatic carbocycles. The number of halogens is 4. The maximum atomic E-state index is 15.4. The van der Waals surface area contributed by atoms with E-state index < -0.39 is 23.3 Å². The predicted molar refractivity (Wildman–Crippen MR) is 155 cm³/mol. The lowest BCUT2D eigenvalue weighted by atomic mass is 9.68. The largest absolute Gasteiger partial charge is 0.368 e. The Balaban J connectivity index is 1.10. The van der Waals surface area contributed by atoms with Crippen molar-refractivity contribution in [2.75, 3.05) is 6.61 Å². The standard InChI is InChI=1S/C36H38F4O/c1-2-3-4-22-5-7-23(8-6-22)24-9-11-25(12-10-24)28-17-18-29(34(38)33(28)37)26-13-15-27(16-14-26)30-19-20-31(32-21-41-32)36(40)35(30)39/h2,13-20,22-25,32H,1,3-12,21H2. The van der Waals surface area contributed by atoms with Crippen molar-refractivity contribution < 1.29 is 22.3 Å². The van der Waals surface area contributed by atoms with Gasteiger partial charge in [-0.25, -0.2) is 17.6 Å². The Bertz CT molecular complexity index is 1380. The molecule has 0 bridgehead atoms. The van der Waals surface area contributed by atoms with E-state index in [1.807, 2.05) is 6.08 Å². The molecule has 3 fully saturated rings. The lowest BCUT2D eigenvalue weighted by Crippen LogP contribution is -2.25. The molecule has 0 amide bonds. The van der Waals surface area contributed by atoms with Crippen LogP contribution in [-0.2, 0) is 4.74 Å². The first kappa shape index (κ1) is 28.2. The van der Waals surface area contributed by atoms with Crippen LogP contribution >= 0.6 is 0 Å². The summed E-state index contributed by atoms with van der Waals surface area (Å²) in [7, 11) is 0. The molecule has 3 aliphatic rings. The highest BCUT2D eigenvalue weighted by atomic mass is 19.2. The number of epoxide rings is 1. The second-order valence-corrected chi connectivity index (χ2v) is 12.3. The number of allylic oxidation sites excluding steroid dienone is 1. The third-order valence-corrected chi connectivity index (χ3v) is 9.96. The van der Waals surface area contributed by atoms with E-state index in [2.05, 4.69) is 6.58 Å². The Hall–Kier alpha value is -2.92. The predicted octanol–water partition coefficient (Wildman–Crippen LogP) is 10.7. The molecule has 1 atom stereocenters. The Kier molecular flexibility index (Phi) is 8.35. The van der Waals surface area contributed by atoms with Crippen molar-refractivity contribution in [1.29, 1.82) is 0 Å². The average Bonchev–Trinajstić information content (AvgIpc) is 3.85. The lowest BCUT2D eigenvalue weighted by Gasteiger charge is -2.38. The summed E-state index contributed by atoms with van der Waals surface area (Å²) in [5.41, 5.74) is 1.95. The molecule has 0 spiro atoms. The molecule has 0 aromatic heterocycles. The molecular formula is C36H38F4O. The van der Waals surface area contributed by atoms with E-state index in [1.165, 1.54) is 44.2 Å². The van der Waals surface area contributed by atoms with Gasteiger partial charge in [-0.15, -0.1) is 6.58 Å². The Morgan fingerprint density at radius 3 is 1.63 bits per heavy atom. The van der Waals surface area contributed by atoms with E-state index in [4.69, 9.17) is 4.74 Å². The van der Waals surface area contributed by atoms with Crippen molar-refractivity contribution in [2.45, 2.75) is 76.2 Å². The molecule has 3 aromatic carbocycles. The number of hydrogen-bond acceptors (Lipinski definition) is 1. The molecule has 1 nitrogen and oxygen atoms in total. The summed E-state index contributed by atoms with van der Waals surface area (Å²) in [6.45, 7) is 4.24. The van der Waals surface area contributed by atoms with Crippen LogP contribution < -0.4 is 0 Å². The van der Waals surface area contributed by atoms with E-state index >= 15 is 8.78 Å². The smallest absolute Gasteiger partial charge is 0.167 e. The van der Waals surface area contributed by atoms with Crippen LogP contribution in [0.5, 0.6) is 0 Å². The molecule has 1 unspecified atom stereocenters. The van der Waals surface area contributed by atoms with E-state index in [1.54, 1.807) is 36.4 Å². The fourth-order valence-corrected chi connectivity index (χ4v) is 7.40. The maximum absolute atomic E-state index is 15.4. The minimum atomic E-state index is -0.932. The van der Waals surface area contributed by atoms with Crippen molar-refractivity contribution in [3.8, 4) is 22.3 Å². The van der Waals surface area contributed by atoms with Crippen LogP contribution in [0, 0.1) is 41.0 Å². The molecule has 2 saturated carbocycles. The molecule has 1 aliphatic heterocycles. The molecule has 6 rings (SSSR count). The van der Waals surface area contributed by atoms with E-state index in [9.17, 15) is 8.78 Å². The first-order chi connectivity index (χ1) is 19.9. The van der Waals surface area contributed by atoms with Gasteiger partial charge in [0.2, 0.25) is 0 Å². The molecule has 216 valence electrons. The zero-order valence-electron chi connectivity index (χ0n) is 23.5. The maximum Gasteiger partial charge on any atom is 0.167 e. The SMILES string of the molecule is C=CCCC1CCC(C2CCC(c3ccc(-c4ccc(-c5ccc(C6CO6)c(F)c5F)cc4)c(F)c3F)CC2)CC1. The second kappa shape index (κ2) is 12.1. The third-order valence-electron chi connectivity index (χ3n) is 9.96. The van der Waals surface area contributed by atoms with E-state index in [0.29, 0.717) is 29.2 Å². The number of hydrogen-bond donors (Lipinski definition) is 0. The highest BCUT2D eigenvalue weighted by molar-refractivity contribution is 5.71. The van der Waals surface area contributed by atoms with Crippen LogP contribution in [0.2, 0.25) is 0 Å². The minimum absolute atomic E-state index is 0.0444. The van der Waals surface area contributed by atoms with Crippen molar-refractivity contribution in [2.24, 2.45) is 17.8 Å². The summed E-state index contributed by atoms with van der Waals surface area (Å²) in [5.74, 6) is -1.08. The van der Waals surface area contributed by atoms with Gasteiger partial charge in [-0.1, -0.05) is 67.4 Å². The summed E-state index contributed by atoms with van der Waals surface area (Å²) in [6.07, 6.45) is 13.2. The molecule has 3 aromatic rings. The summed E-state index contributed by atoms with van der Waals surface area (Å²) in [5, 5.41) is 0. The monoisotopic (exact) mass is 562 g/mol. The third kappa shape index (κ3) is 5.88. The lowest BCUT2D eigenvalue weighted by molar-refractivity contribution is 0.156. The van der Waals surface area contributed by atoms with Crippen LogP contribution in [0.4, 0.5) is 17.6 Å². The van der Waals surface area contributed by atoms with E-state index in [0.717, 1.165) is 43.9 Å². The fourth-order valence-electron chi connectivity index (χ4n) is 7.40. The van der Waals surface area contributed by atoms with Crippen molar-refractivity contribution in [3.05, 3.63) is 95.6 Å². The highest BCUT2D eigenvalue weighted by Crippen LogP contribution is 2.45. The highest BCUT2D eigenvalue weighted by Gasteiger charge is 2.33. The van der Waals surface area contributed by atoms with Crippen molar-refractivity contribution in [1.82, 2.24) is 0 Å². The van der Waals surface area contributed by atoms with Gasteiger partial charge in [0.25, 0.3) is 0 Å². The topological polar surface area (TPSA) is 12.5 Å². The molecule has 1 heterocycles. The zero-order valence-corrected chi connectivity index (χ0v) is 23.5. The first-order valence-corrected chi connectivity index (χ1v) is 15.2. The summed E-state index contributed by atoms with van der Waals surface area (Å²) in [4.78, 5) is 0. The van der Waals surface area contributed by atoms with Gasteiger partial charge in [-0.2, -0.15) is 0 Å². The number of benzene rings is 3. The van der Waals surface area contributed by atoms with Gasteiger partial charge >= 0.3 is 0 Å². The molecule has 1 saturated heterocycles. The quantitative estimate of drug-likeness (QED) is 0.151. The Morgan fingerprint density at radius 1 is 0.634 bits per heavy atom. The second-order valence-electron chi connectivity index (χ2n) is 12.3. The van der Waals surface area contributed by atoms with Crippen LogP contribution in [-0.4, -0.2) is 6.61 Å². The van der Waals surface area contributed by atoms with Gasteiger partial charge in [0, 0.05) is 16.7 Å². The van der Waals surface area contributed by atoms with Crippen LogP contribution in [0.3, 0.4) is 0 Å². The molecular weight excluding hydrogens is 524 g/mol. The fraction of sp³-hybridized carbons (Fsp3) is 0.444. The molecule has 0 N–H and O–H groups in total. The zero-order chi connectivity index (χ0) is 28.5. The van der Waals surface area contributed by atoms with Crippen LogP contribution in [0.1, 0.15) is 87.4 Å². The van der Waals surface area contributed by atoms with Gasteiger partial charge in [0.05, 0.1) is 6.61 Å². The van der Waals surface area contributed by atoms with Crippen molar-refractivity contribution >= 4 is 0 Å². The first-order valence-electron chi connectivity index (χ1n) is 15.2. The van der Waals surface area contributed by atoms with Crippen LogP contribution in [0.25, 0.3) is 22.3 Å². The molecule has 41 heavy (non-hydrogen) atoms. The van der Waals surface area contributed by atoms with Gasteiger partial charge in [0.1, 0.15) is 6.10 Å². The number of rotatable bonds is 8. The van der Waals surface area contributed by atoms with Gasteiger partial charge < -0.3 is 4.74 Å². The normalized spacial score (nSPS) is 26.1. The Labute approximate surface area is 240 Å². The summed E-state index contributed by atoms with van der Waals surface area (Å²) >= 11 is 0. The minimum Gasteiger partial charge on any atom is -0.368 e. The van der Waals surface area contributed by atoms with E-state index in [-0.39, 0.29) is 28.7 Å². The van der Waals surface area contributed by atoms with Gasteiger partial charge in [0.15, 0.2) is 23.3 Å². The van der Waals surface area contributed by atoms with Crippen LogP contribution in [0.15, 0.2) is 61.2 Å². The number of ether oxygens (including phenoxy) is 1. The summed E-state index contributed by atoms with van der Waals surface area (Å²) < 4.78 is 65.1. The molecule has 0 radical (unpaired) electrons. The van der Waals surface area contributed by atoms with Gasteiger partial charge in [-0.05, 0) is 91.7 Å². The van der Waals surface area contributed by atoms with Gasteiger partial charge in [-0.3, -0.25) is 0 Å². The Morgan fingerprint density at radius 2 is 1.12 bits per heavy atom.